The Hall–Kier alpha value is -1.52. The monoisotopic (exact) mass is 322 g/mol. The van der Waals surface area contributed by atoms with Crippen LogP contribution in [0.3, 0.4) is 0 Å². The van der Waals surface area contributed by atoms with Gasteiger partial charge in [0, 0.05) is 5.92 Å². The molecular formula is C18H26O5. The summed E-state index contributed by atoms with van der Waals surface area (Å²) in [5, 5.41) is 0. The maximum atomic E-state index is 12.0. The summed E-state index contributed by atoms with van der Waals surface area (Å²) >= 11 is 0. The van der Waals surface area contributed by atoms with Gasteiger partial charge < -0.3 is 14.2 Å². The van der Waals surface area contributed by atoms with E-state index < -0.39 is 6.16 Å². The number of fused-ring (bicyclic) bond motifs is 1. The van der Waals surface area contributed by atoms with Crippen molar-refractivity contribution in [3.63, 3.8) is 0 Å². The average Bonchev–Trinajstić information content (AvgIpc) is 2.64. The van der Waals surface area contributed by atoms with Crippen molar-refractivity contribution in [2.45, 2.75) is 52.2 Å². The van der Waals surface area contributed by atoms with Gasteiger partial charge in [-0.2, -0.15) is 0 Å². The van der Waals surface area contributed by atoms with E-state index >= 15 is 0 Å². The molecule has 3 unspecified atom stereocenters. The number of cyclic esters (lactones) is 1. The minimum atomic E-state index is -0.641. The van der Waals surface area contributed by atoms with Crippen LogP contribution in [-0.4, -0.2) is 30.9 Å². The molecule has 0 N–H and O–H groups in total. The molecule has 23 heavy (non-hydrogen) atoms. The van der Waals surface area contributed by atoms with E-state index in [2.05, 4.69) is 20.8 Å². The van der Waals surface area contributed by atoms with E-state index in [-0.39, 0.29) is 36.6 Å². The van der Waals surface area contributed by atoms with Crippen LogP contribution in [-0.2, 0) is 19.0 Å². The second-order valence-electron chi connectivity index (χ2n) is 7.51. The van der Waals surface area contributed by atoms with Crippen LogP contribution >= 0.6 is 0 Å². The van der Waals surface area contributed by atoms with Crippen molar-refractivity contribution < 1.29 is 23.8 Å². The lowest BCUT2D eigenvalue weighted by atomic mass is 9.75. The van der Waals surface area contributed by atoms with Crippen LogP contribution in [0.4, 0.5) is 4.79 Å². The predicted molar refractivity (Wildman–Crippen MR) is 83.6 cm³/mol. The van der Waals surface area contributed by atoms with Crippen LogP contribution in [0.5, 0.6) is 0 Å². The van der Waals surface area contributed by atoms with Gasteiger partial charge in [0.2, 0.25) is 0 Å². The molecule has 0 aromatic heterocycles. The maximum Gasteiger partial charge on any atom is 0.508 e. The first-order valence-electron chi connectivity index (χ1n) is 8.68. The van der Waals surface area contributed by atoms with Gasteiger partial charge in [0.1, 0.15) is 18.8 Å². The van der Waals surface area contributed by atoms with Gasteiger partial charge in [-0.05, 0) is 30.6 Å². The minimum absolute atomic E-state index is 0.0495. The van der Waals surface area contributed by atoms with Crippen molar-refractivity contribution in [3.05, 3.63) is 12.2 Å². The Labute approximate surface area is 137 Å². The summed E-state index contributed by atoms with van der Waals surface area (Å²) in [5.74, 6) is 1.12. The zero-order valence-electron chi connectivity index (χ0n) is 14.1. The van der Waals surface area contributed by atoms with Crippen molar-refractivity contribution in [1.82, 2.24) is 0 Å². The molecule has 0 radical (unpaired) electrons. The molecule has 128 valence electrons. The first-order valence-corrected chi connectivity index (χ1v) is 8.68. The molecule has 5 nitrogen and oxygen atoms in total. The Morgan fingerprint density at radius 2 is 2.13 bits per heavy atom. The molecule has 1 saturated heterocycles. The number of rotatable bonds is 4. The highest BCUT2D eigenvalue weighted by atomic mass is 16.7. The van der Waals surface area contributed by atoms with Crippen LogP contribution in [0.25, 0.3) is 0 Å². The van der Waals surface area contributed by atoms with Crippen molar-refractivity contribution in [3.8, 4) is 0 Å². The highest BCUT2D eigenvalue weighted by Crippen LogP contribution is 2.38. The van der Waals surface area contributed by atoms with Crippen LogP contribution < -0.4 is 0 Å². The van der Waals surface area contributed by atoms with Crippen molar-refractivity contribution in [2.24, 2.45) is 29.6 Å². The van der Waals surface area contributed by atoms with Gasteiger partial charge in [-0.1, -0.05) is 39.3 Å². The highest BCUT2D eigenvalue weighted by Gasteiger charge is 2.47. The summed E-state index contributed by atoms with van der Waals surface area (Å²) < 4.78 is 16.0. The summed E-state index contributed by atoms with van der Waals surface area (Å²) in [7, 11) is 0. The number of esters is 1. The highest BCUT2D eigenvalue weighted by molar-refractivity contribution is 5.79. The zero-order chi connectivity index (χ0) is 16.6. The number of carbonyl (C=O) groups excluding carboxylic acids is 2. The summed E-state index contributed by atoms with van der Waals surface area (Å²) in [6.45, 7) is 6.61. The molecule has 1 aliphatic heterocycles. The van der Waals surface area contributed by atoms with Gasteiger partial charge >= 0.3 is 12.1 Å². The van der Waals surface area contributed by atoms with E-state index in [1.54, 1.807) is 0 Å². The van der Waals surface area contributed by atoms with Crippen LogP contribution in [0.15, 0.2) is 12.2 Å². The van der Waals surface area contributed by atoms with Crippen molar-refractivity contribution in [1.29, 1.82) is 0 Å². The first kappa shape index (κ1) is 16.3. The summed E-state index contributed by atoms with van der Waals surface area (Å²) in [4.78, 5) is 23.5. The summed E-state index contributed by atoms with van der Waals surface area (Å²) in [5.41, 5.74) is 0. The summed E-state index contributed by atoms with van der Waals surface area (Å²) in [6.07, 6.45) is 5.86. The topological polar surface area (TPSA) is 61.8 Å². The molecule has 1 heterocycles. The molecule has 2 aliphatic carbocycles. The maximum absolute atomic E-state index is 12.0. The molecule has 5 heteroatoms. The first-order chi connectivity index (χ1) is 11.0. The molecule has 1 saturated carbocycles. The standard InChI is InChI=1S/C18H26O5/c1-10(2)12-5-4-11(3)8-15(12)23-18(20)21-9-16-13-6-7-14(13)17(19)22-16/h6-7,10-16H,4-5,8-9H2,1-3H3/t11?,12?,13-,14+,15?,16-/m1/s1. The molecule has 0 aromatic rings. The Morgan fingerprint density at radius 3 is 2.74 bits per heavy atom. The SMILES string of the molecule is CC1CCC(C(C)C)C(OC(=O)OC[C@H]2OC(=O)[C@H]3C=C[C@H]32)C1. The van der Waals surface area contributed by atoms with Gasteiger partial charge in [-0.3, -0.25) is 4.79 Å². The summed E-state index contributed by atoms with van der Waals surface area (Å²) in [6, 6.07) is 0. The number of ether oxygens (including phenoxy) is 3. The zero-order valence-corrected chi connectivity index (χ0v) is 14.1. The van der Waals surface area contributed by atoms with Gasteiger partial charge in [0.25, 0.3) is 0 Å². The van der Waals surface area contributed by atoms with Crippen LogP contribution in [0.1, 0.15) is 40.0 Å². The molecule has 3 aliphatic rings. The third-order valence-electron chi connectivity index (χ3n) is 5.50. The van der Waals surface area contributed by atoms with Gasteiger partial charge in [0.15, 0.2) is 0 Å². The van der Waals surface area contributed by atoms with Gasteiger partial charge in [0.05, 0.1) is 5.92 Å². The van der Waals surface area contributed by atoms with E-state index in [0.717, 1.165) is 12.8 Å². The Kier molecular flexibility index (Phi) is 4.64. The largest absolute Gasteiger partial charge is 0.508 e. The van der Waals surface area contributed by atoms with E-state index in [1.807, 2.05) is 12.2 Å². The Bertz CT molecular complexity index is 498. The smallest absolute Gasteiger partial charge is 0.458 e. The van der Waals surface area contributed by atoms with Gasteiger partial charge in [-0.25, -0.2) is 4.79 Å². The molecule has 3 rings (SSSR count). The Balaban J connectivity index is 1.48. The van der Waals surface area contributed by atoms with E-state index in [0.29, 0.717) is 17.8 Å². The predicted octanol–water partition coefficient (Wildman–Crippen LogP) is 3.33. The van der Waals surface area contributed by atoms with Crippen LogP contribution in [0.2, 0.25) is 0 Å². The lowest BCUT2D eigenvalue weighted by Gasteiger charge is -2.36. The molecule has 0 spiro atoms. The molecule has 0 bridgehead atoms. The second kappa shape index (κ2) is 6.54. The minimum Gasteiger partial charge on any atom is -0.458 e. The van der Waals surface area contributed by atoms with Crippen LogP contribution in [0, 0.1) is 29.6 Å². The molecule has 0 amide bonds. The number of carbonyl (C=O) groups is 2. The normalized spacial score (nSPS) is 38.7. The van der Waals surface area contributed by atoms with E-state index in [1.165, 1.54) is 6.42 Å². The Morgan fingerprint density at radius 1 is 1.35 bits per heavy atom. The third kappa shape index (κ3) is 3.38. The average molecular weight is 322 g/mol. The third-order valence-corrected chi connectivity index (χ3v) is 5.50. The fourth-order valence-corrected chi connectivity index (χ4v) is 3.95. The number of hydrogen-bond donors (Lipinski definition) is 0. The van der Waals surface area contributed by atoms with E-state index in [9.17, 15) is 9.59 Å². The number of hydrogen-bond acceptors (Lipinski definition) is 5. The molecule has 2 fully saturated rings. The molecule has 6 atom stereocenters. The lowest BCUT2D eigenvalue weighted by molar-refractivity contribution is -0.145. The lowest BCUT2D eigenvalue weighted by Crippen LogP contribution is -2.36. The second-order valence-corrected chi connectivity index (χ2v) is 7.51. The van der Waals surface area contributed by atoms with Crippen molar-refractivity contribution in [2.75, 3.05) is 6.61 Å². The van der Waals surface area contributed by atoms with Crippen molar-refractivity contribution >= 4 is 12.1 Å². The molecule has 0 aromatic carbocycles. The molecular weight excluding hydrogens is 296 g/mol. The van der Waals surface area contributed by atoms with E-state index in [4.69, 9.17) is 14.2 Å². The van der Waals surface area contributed by atoms with Gasteiger partial charge in [-0.15, -0.1) is 0 Å². The fraction of sp³-hybridized carbons (Fsp3) is 0.778. The quantitative estimate of drug-likeness (QED) is 0.587. The fourth-order valence-electron chi connectivity index (χ4n) is 3.95.